The first kappa shape index (κ1) is 6.21. The van der Waals surface area contributed by atoms with Gasteiger partial charge in [0.15, 0.2) is 0 Å². The Morgan fingerprint density at radius 2 is 2.43 bits per heavy atom. The van der Waals surface area contributed by atoms with Crippen molar-refractivity contribution in [2.75, 3.05) is 6.61 Å². The lowest BCUT2D eigenvalue weighted by Crippen LogP contribution is -1.97. The minimum absolute atomic E-state index is 0.171. The van der Waals surface area contributed by atoms with Crippen LogP contribution in [0.1, 0.15) is 0 Å². The number of carbonyl (C=O) groups is 1. The van der Waals surface area contributed by atoms with Gasteiger partial charge in [0.2, 0.25) is 0 Å². The summed E-state index contributed by atoms with van der Waals surface area (Å²) in [5.74, 6) is -0.421. The maximum absolute atomic E-state index is 10.0. The van der Waals surface area contributed by atoms with Crippen molar-refractivity contribution >= 4 is 5.97 Å². The predicted octanol–water partition coefficient (Wildman–Crippen LogP) is 0.550. The lowest BCUT2D eigenvalue weighted by Gasteiger charge is -1.90. The minimum atomic E-state index is -0.421. The third-order valence-electron chi connectivity index (χ3n) is 0.411. The summed E-state index contributed by atoms with van der Waals surface area (Å²) in [5, 5.41) is 0. The van der Waals surface area contributed by atoms with E-state index in [1.807, 2.05) is 0 Å². The molecular weight excluding hydrogens is 92.1 g/mol. The van der Waals surface area contributed by atoms with Crippen molar-refractivity contribution in [1.82, 2.24) is 0 Å². The van der Waals surface area contributed by atoms with Crippen LogP contribution in [0.2, 0.25) is 0 Å². The molecule has 1 radical (unpaired) electrons. The zero-order chi connectivity index (χ0) is 5.70. The fourth-order valence-electron chi connectivity index (χ4n) is 0.160. The van der Waals surface area contributed by atoms with E-state index in [4.69, 9.17) is 0 Å². The number of hydrogen-bond donors (Lipinski definition) is 0. The van der Waals surface area contributed by atoms with Crippen molar-refractivity contribution in [2.24, 2.45) is 0 Å². The Balaban J connectivity index is 3.17. The van der Waals surface area contributed by atoms with Crippen molar-refractivity contribution in [1.29, 1.82) is 0 Å². The molecule has 0 aliphatic heterocycles. The molecule has 0 aromatic heterocycles. The lowest BCUT2D eigenvalue weighted by molar-refractivity contribution is -0.136. The van der Waals surface area contributed by atoms with Gasteiger partial charge in [-0.2, -0.15) is 0 Å². The van der Waals surface area contributed by atoms with E-state index in [0.717, 1.165) is 6.08 Å². The van der Waals surface area contributed by atoms with Crippen LogP contribution in [0.25, 0.3) is 0 Å². The largest absolute Gasteiger partial charge is 0.463 e. The molecule has 0 rings (SSSR count). The minimum Gasteiger partial charge on any atom is -0.463 e. The molecule has 7 heavy (non-hydrogen) atoms. The SMILES string of the molecule is [CH2]COC(=O)C=C. The first-order chi connectivity index (χ1) is 3.31. The van der Waals surface area contributed by atoms with Crippen molar-refractivity contribution in [2.45, 2.75) is 0 Å². The van der Waals surface area contributed by atoms with E-state index in [0.29, 0.717) is 0 Å². The summed E-state index contributed by atoms with van der Waals surface area (Å²) in [6, 6.07) is 0. The van der Waals surface area contributed by atoms with E-state index < -0.39 is 5.97 Å². The molecular formula is C5H7O2. The van der Waals surface area contributed by atoms with E-state index >= 15 is 0 Å². The molecule has 0 heterocycles. The van der Waals surface area contributed by atoms with E-state index in [1.54, 1.807) is 0 Å². The van der Waals surface area contributed by atoms with Crippen LogP contribution >= 0.6 is 0 Å². The topological polar surface area (TPSA) is 26.3 Å². The van der Waals surface area contributed by atoms with Gasteiger partial charge in [-0.15, -0.1) is 0 Å². The molecule has 0 spiro atoms. The Morgan fingerprint density at radius 1 is 1.86 bits per heavy atom. The molecule has 0 saturated carbocycles. The van der Waals surface area contributed by atoms with Crippen LogP contribution in [0.4, 0.5) is 0 Å². The second-order valence-electron chi connectivity index (χ2n) is 0.872. The van der Waals surface area contributed by atoms with Crippen LogP contribution in [0, 0.1) is 6.92 Å². The molecule has 0 aromatic carbocycles. The average Bonchev–Trinajstić information content (AvgIpc) is 1.68. The van der Waals surface area contributed by atoms with Gasteiger partial charge in [0.25, 0.3) is 0 Å². The first-order valence-corrected chi connectivity index (χ1v) is 1.89. The van der Waals surface area contributed by atoms with Gasteiger partial charge in [-0.3, -0.25) is 0 Å². The smallest absolute Gasteiger partial charge is 0.330 e. The standard InChI is InChI=1S/C5H7O2/c1-3-5(6)7-4-2/h3H,1-2,4H2. The van der Waals surface area contributed by atoms with Crippen LogP contribution in [-0.4, -0.2) is 12.6 Å². The highest BCUT2D eigenvalue weighted by atomic mass is 16.5. The van der Waals surface area contributed by atoms with Crippen LogP contribution < -0.4 is 0 Å². The van der Waals surface area contributed by atoms with Crippen molar-refractivity contribution in [3.8, 4) is 0 Å². The van der Waals surface area contributed by atoms with Gasteiger partial charge in [-0.25, -0.2) is 4.79 Å². The third kappa shape index (κ3) is 3.03. The quantitative estimate of drug-likeness (QED) is 0.373. The fraction of sp³-hybridized carbons (Fsp3) is 0.200. The highest BCUT2D eigenvalue weighted by Gasteiger charge is 1.86. The highest BCUT2D eigenvalue weighted by molar-refractivity contribution is 5.81. The zero-order valence-electron chi connectivity index (χ0n) is 4.02. The normalized spacial score (nSPS) is 7.57. The van der Waals surface area contributed by atoms with Crippen LogP contribution in [0.3, 0.4) is 0 Å². The molecule has 0 fully saturated rings. The Morgan fingerprint density at radius 3 is 2.57 bits per heavy atom. The molecule has 2 nitrogen and oxygen atoms in total. The Labute approximate surface area is 42.8 Å². The Bertz CT molecular complexity index is 76.1. The summed E-state index contributed by atoms with van der Waals surface area (Å²) in [4.78, 5) is 10.0. The number of hydrogen-bond acceptors (Lipinski definition) is 2. The highest BCUT2D eigenvalue weighted by Crippen LogP contribution is 1.74. The second kappa shape index (κ2) is 3.40. The first-order valence-electron chi connectivity index (χ1n) is 1.89. The fourth-order valence-corrected chi connectivity index (χ4v) is 0.160. The van der Waals surface area contributed by atoms with Gasteiger partial charge in [0.1, 0.15) is 0 Å². The van der Waals surface area contributed by atoms with E-state index in [1.165, 1.54) is 0 Å². The van der Waals surface area contributed by atoms with Crippen molar-refractivity contribution in [3.63, 3.8) is 0 Å². The van der Waals surface area contributed by atoms with Gasteiger partial charge in [-0.05, 0) is 6.92 Å². The average molecular weight is 99.1 g/mol. The van der Waals surface area contributed by atoms with Crippen molar-refractivity contribution < 1.29 is 9.53 Å². The molecule has 0 unspecified atom stereocenters. The van der Waals surface area contributed by atoms with Crippen LogP contribution in [-0.2, 0) is 9.53 Å². The summed E-state index contributed by atoms with van der Waals surface area (Å²) < 4.78 is 4.32. The molecule has 0 bridgehead atoms. The molecule has 0 aromatic rings. The number of esters is 1. The molecule has 39 valence electrons. The maximum Gasteiger partial charge on any atom is 0.330 e. The third-order valence-corrected chi connectivity index (χ3v) is 0.411. The van der Waals surface area contributed by atoms with Gasteiger partial charge in [0.05, 0.1) is 6.61 Å². The molecule has 0 amide bonds. The van der Waals surface area contributed by atoms with Gasteiger partial charge in [-0.1, -0.05) is 6.58 Å². The summed E-state index contributed by atoms with van der Waals surface area (Å²) in [5.41, 5.74) is 0. The Hall–Kier alpha value is -0.790. The van der Waals surface area contributed by atoms with Crippen LogP contribution in [0.5, 0.6) is 0 Å². The summed E-state index contributed by atoms with van der Waals surface area (Å²) in [6.45, 7) is 6.63. The van der Waals surface area contributed by atoms with Gasteiger partial charge < -0.3 is 4.74 Å². The summed E-state index contributed by atoms with van der Waals surface area (Å²) in [6.07, 6.45) is 1.10. The predicted molar refractivity (Wildman–Crippen MR) is 26.5 cm³/mol. The zero-order valence-corrected chi connectivity index (χ0v) is 4.02. The molecule has 0 aliphatic rings. The monoisotopic (exact) mass is 99.0 g/mol. The van der Waals surface area contributed by atoms with Crippen LogP contribution in [0.15, 0.2) is 12.7 Å². The molecule has 0 N–H and O–H groups in total. The Kier molecular flexibility index (Phi) is 3.02. The van der Waals surface area contributed by atoms with E-state index in [2.05, 4.69) is 18.2 Å². The van der Waals surface area contributed by atoms with Gasteiger partial charge in [0, 0.05) is 6.08 Å². The molecule has 0 saturated heterocycles. The summed E-state index contributed by atoms with van der Waals surface area (Å²) in [7, 11) is 0. The molecule has 0 aliphatic carbocycles. The number of carbonyl (C=O) groups excluding carboxylic acids is 1. The van der Waals surface area contributed by atoms with E-state index in [-0.39, 0.29) is 6.61 Å². The molecule has 2 heteroatoms. The number of rotatable bonds is 2. The van der Waals surface area contributed by atoms with Crippen molar-refractivity contribution in [3.05, 3.63) is 19.6 Å². The maximum atomic E-state index is 10.0. The van der Waals surface area contributed by atoms with Gasteiger partial charge >= 0.3 is 5.97 Å². The van der Waals surface area contributed by atoms with E-state index in [9.17, 15) is 4.79 Å². The number of ether oxygens (including phenoxy) is 1. The second-order valence-corrected chi connectivity index (χ2v) is 0.872. The summed E-state index contributed by atoms with van der Waals surface area (Å²) >= 11 is 0. The lowest BCUT2D eigenvalue weighted by atomic mass is 10.6. The molecule has 0 atom stereocenters.